The molecule has 0 bridgehead atoms. The van der Waals surface area contributed by atoms with Crippen molar-refractivity contribution in [2.45, 2.75) is 53.8 Å². The minimum absolute atomic E-state index is 0. The summed E-state index contributed by atoms with van der Waals surface area (Å²) >= 11 is 1.67. The average Bonchev–Trinajstić information content (AvgIpc) is 3.78. The zero-order valence-corrected chi connectivity index (χ0v) is 37.9. The molecule has 0 unspecified atom stereocenters. The van der Waals surface area contributed by atoms with Crippen LogP contribution in [0, 0.1) is 31.2 Å². The third-order valence-electron chi connectivity index (χ3n) is 10.4. The largest absolute Gasteiger partial charge is 0.333 e. The normalized spacial score (nSPS) is 11.5. The average molecular weight is 954 g/mol. The molecular weight excluding hydrogens is 907 g/mol. The molecule has 287 valence electrons. The number of hydrogen-bond donors (Lipinski definition) is 0. The van der Waals surface area contributed by atoms with Crippen LogP contribution in [0.5, 0.6) is 0 Å². The SMILES string of the molecule is CC(C)Cc1cc(-c2[c-]cccc2)ncc1[Si](C)(C)C.Cc1cc(-n2c(-c3[c-]sc4cc5ccccc5cc34)nc3ccccc32)cc(C)c1-c1ccccc1.[Ir]. The monoisotopic (exact) mass is 954 g/mol. The van der Waals surface area contributed by atoms with Gasteiger partial charge in [0.05, 0.1) is 24.9 Å². The second-order valence-corrected chi connectivity index (χ2v) is 22.1. The number of pyridine rings is 1. The maximum Gasteiger partial charge on any atom is 0.0798 e. The first-order valence-corrected chi connectivity index (χ1v) is 23.8. The summed E-state index contributed by atoms with van der Waals surface area (Å²) in [4.78, 5) is 9.83. The van der Waals surface area contributed by atoms with E-state index >= 15 is 0 Å². The molecule has 0 aliphatic carbocycles. The number of thiophene rings is 1. The summed E-state index contributed by atoms with van der Waals surface area (Å²) in [6.07, 6.45) is 3.24. The standard InChI is InChI=1S/C33H23N2S.C18H24NSi.Ir/c1-21-16-26(17-22(2)32(21)23-10-4-3-5-11-23)35-30-15-9-8-14-29(30)34-33(35)28-20-36-31-19-25-13-7-6-12-24(25)18-27(28)31;1-14(2)11-16-12-17(15-9-7-6-8-10-15)19-13-18(16)20(3,4)5;/h3-19H,1-2H3;6-9,12-14H,11H2,1-5H3;/q2*-1;. The predicted molar refractivity (Wildman–Crippen MR) is 243 cm³/mol. The van der Waals surface area contributed by atoms with Crippen LogP contribution in [0.25, 0.3) is 71.4 Å². The van der Waals surface area contributed by atoms with Crippen molar-refractivity contribution in [3.8, 4) is 39.5 Å². The van der Waals surface area contributed by atoms with Crippen LogP contribution in [0.15, 0.2) is 140 Å². The van der Waals surface area contributed by atoms with Gasteiger partial charge in [0.2, 0.25) is 0 Å². The summed E-state index contributed by atoms with van der Waals surface area (Å²) in [5.41, 5.74) is 12.9. The summed E-state index contributed by atoms with van der Waals surface area (Å²) in [6, 6.07) is 50.3. The van der Waals surface area contributed by atoms with Crippen molar-refractivity contribution in [2.75, 3.05) is 0 Å². The molecule has 0 atom stereocenters. The zero-order chi connectivity index (χ0) is 39.0. The summed E-state index contributed by atoms with van der Waals surface area (Å²) in [5.74, 6) is 1.60. The molecule has 3 heterocycles. The second-order valence-electron chi connectivity index (χ2n) is 16.2. The summed E-state index contributed by atoms with van der Waals surface area (Å²) in [5, 5.41) is 8.78. The van der Waals surface area contributed by atoms with Crippen molar-refractivity contribution in [1.29, 1.82) is 0 Å². The van der Waals surface area contributed by atoms with Crippen molar-refractivity contribution in [2.24, 2.45) is 5.92 Å². The number of rotatable bonds is 7. The Labute approximate surface area is 355 Å². The molecule has 57 heavy (non-hydrogen) atoms. The summed E-state index contributed by atoms with van der Waals surface area (Å²) in [7, 11) is -1.34. The Morgan fingerprint density at radius 1 is 0.754 bits per heavy atom. The number of nitrogens with zero attached hydrogens (tertiary/aromatic N) is 3. The number of aryl methyl sites for hydroxylation is 2. The van der Waals surface area contributed by atoms with Gasteiger partial charge in [-0.15, -0.1) is 41.3 Å². The van der Waals surface area contributed by atoms with Gasteiger partial charge >= 0.3 is 0 Å². The molecule has 0 saturated carbocycles. The predicted octanol–water partition coefficient (Wildman–Crippen LogP) is 13.4. The molecule has 3 aromatic heterocycles. The van der Waals surface area contributed by atoms with Gasteiger partial charge in [-0.3, -0.25) is 16.3 Å². The quantitative estimate of drug-likeness (QED) is 0.118. The minimum atomic E-state index is -1.34. The topological polar surface area (TPSA) is 30.7 Å². The molecule has 6 heteroatoms. The smallest absolute Gasteiger partial charge is 0.0798 e. The van der Waals surface area contributed by atoms with E-state index in [1.807, 2.05) is 18.2 Å². The van der Waals surface area contributed by atoms with E-state index in [-0.39, 0.29) is 20.1 Å². The summed E-state index contributed by atoms with van der Waals surface area (Å²) < 4.78 is 3.53. The Bertz CT molecular complexity index is 2790. The van der Waals surface area contributed by atoms with Gasteiger partial charge in [0.25, 0.3) is 0 Å². The van der Waals surface area contributed by atoms with E-state index in [0.717, 1.165) is 45.8 Å². The molecular formula is C51H47IrN3SSi-2. The molecule has 0 N–H and O–H groups in total. The van der Waals surface area contributed by atoms with E-state index in [2.05, 4.69) is 190 Å². The van der Waals surface area contributed by atoms with Crippen molar-refractivity contribution >= 4 is 56.5 Å². The van der Waals surface area contributed by atoms with E-state index in [4.69, 9.17) is 4.98 Å². The van der Waals surface area contributed by atoms with Crippen LogP contribution in [-0.4, -0.2) is 22.6 Å². The van der Waals surface area contributed by atoms with Gasteiger partial charge in [-0.2, -0.15) is 0 Å². The van der Waals surface area contributed by atoms with E-state index in [9.17, 15) is 0 Å². The van der Waals surface area contributed by atoms with Crippen molar-refractivity contribution in [3.05, 3.63) is 168 Å². The van der Waals surface area contributed by atoms with Crippen LogP contribution in [-0.2, 0) is 26.5 Å². The molecule has 0 spiro atoms. The third kappa shape index (κ3) is 8.37. The van der Waals surface area contributed by atoms with Crippen LogP contribution in [0.1, 0.15) is 30.5 Å². The summed E-state index contributed by atoms with van der Waals surface area (Å²) in [6.45, 7) is 16.1. The fourth-order valence-electron chi connectivity index (χ4n) is 7.89. The first kappa shape index (κ1) is 40.2. The molecule has 0 aliphatic heterocycles. The minimum Gasteiger partial charge on any atom is -0.333 e. The Hall–Kier alpha value is -4.97. The van der Waals surface area contributed by atoms with Gasteiger partial charge in [0, 0.05) is 32.0 Å². The fraction of sp³-hybridized carbons (Fsp3) is 0.176. The maximum atomic E-state index is 5.14. The van der Waals surface area contributed by atoms with E-state index in [0.29, 0.717) is 5.92 Å². The number of para-hydroxylation sites is 2. The molecule has 1 radical (unpaired) electrons. The van der Waals surface area contributed by atoms with Gasteiger partial charge in [-0.05, 0) is 94.4 Å². The molecule has 3 nitrogen and oxygen atoms in total. The van der Waals surface area contributed by atoms with Crippen LogP contribution >= 0.6 is 11.3 Å². The fourth-order valence-corrected chi connectivity index (χ4v) is 10.4. The van der Waals surface area contributed by atoms with Gasteiger partial charge in [-0.25, -0.2) is 0 Å². The second kappa shape index (κ2) is 16.9. The Kier molecular flexibility index (Phi) is 11.9. The first-order valence-electron chi connectivity index (χ1n) is 19.5. The van der Waals surface area contributed by atoms with Gasteiger partial charge in [0.1, 0.15) is 0 Å². The van der Waals surface area contributed by atoms with Crippen LogP contribution in [0.3, 0.4) is 0 Å². The zero-order valence-electron chi connectivity index (χ0n) is 33.6. The molecule has 9 rings (SSSR count). The van der Waals surface area contributed by atoms with E-state index in [1.54, 1.807) is 11.3 Å². The number of hydrogen-bond acceptors (Lipinski definition) is 3. The van der Waals surface area contributed by atoms with Crippen LogP contribution in [0.4, 0.5) is 0 Å². The van der Waals surface area contributed by atoms with Gasteiger partial charge < -0.3 is 9.55 Å². The van der Waals surface area contributed by atoms with Crippen molar-refractivity contribution in [3.63, 3.8) is 0 Å². The maximum absolute atomic E-state index is 5.14. The van der Waals surface area contributed by atoms with Crippen molar-refractivity contribution < 1.29 is 20.1 Å². The number of aromatic nitrogens is 3. The molecule has 0 saturated heterocycles. The number of imidazole rings is 1. The van der Waals surface area contributed by atoms with Crippen LogP contribution in [0.2, 0.25) is 19.6 Å². The van der Waals surface area contributed by atoms with E-state index in [1.165, 1.54) is 53.9 Å². The Morgan fingerprint density at radius 2 is 1.42 bits per heavy atom. The Morgan fingerprint density at radius 3 is 2.11 bits per heavy atom. The van der Waals surface area contributed by atoms with E-state index < -0.39 is 8.07 Å². The van der Waals surface area contributed by atoms with Gasteiger partial charge in [0.15, 0.2) is 0 Å². The molecule has 9 aromatic rings. The first-order chi connectivity index (χ1) is 27.0. The molecule has 6 aromatic carbocycles. The van der Waals surface area contributed by atoms with Crippen molar-refractivity contribution in [1.82, 2.24) is 14.5 Å². The molecule has 0 aliphatic rings. The van der Waals surface area contributed by atoms with Crippen LogP contribution < -0.4 is 5.19 Å². The number of fused-ring (bicyclic) bond motifs is 3. The Balaban J connectivity index is 0.000000202. The molecule has 0 fully saturated rings. The van der Waals surface area contributed by atoms with Gasteiger partial charge in [-0.1, -0.05) is 140 Å². The third-order valence-corrected chi connectivity index (χ3v) is 13.3. The molecule has 0 amide bonds. The number of benzene rings is 6.